The molecule has 5 rings (SSSR count). The second kappa shape index (κ2) is 9.89. The molecule has 2 N–H and O–H groups in total. The number of hydrogen-bond donors (Lipinski definition) is 2. The predicted octanol–water partition coefficient (Wildman–Crippen LogP) is 6.69. The van der Waals surface area contributed by atoms with Crippen molar-refractivity contribution in [2.24, 2.45) is 0 Å². The standard InChI is InChI=1S/C27H21BrN2O3S2/c28-18-9-11-20(12-10-18)30-35(32,33)21-15-13-19(14-16-21)29-26(31)17-34-27-24-7-3-1-5-22(24)23-6-2-4-8-25(23)27/h1-16,27,30H,17H2,(H,29,31). The minimum atomic E-state index is -3.73. The van der Waals surface area contributed by atoms with Crippen LogP contribution in [-0.2, 0) is 14.8 Å². The largest absolute Gasteiger partial charge is 0.325 e. The molecule has 0 radical (unpaired) electrons. The second-order valence-electron chi connectivity index (χ2n) is 8.05. The molecule has 0 heterocycles. The number of anilines is 2. The van der Waals surface area contributed by atoms with E-state index in [2.05, 4.69) is 50.2 Å². The van der Waals surface area contributed by atoms with E-state index in [1.807, 2.05) is 24.3 Å². The van der Waals surface area contributed by atoms with Crippen molar-refractivity contribution in [3.05, 3.63) is 113 Å². The molecule has 0 atom stereocenters. The first-order chi connectivity index (χ1) is 16.9. The van der Waals surface area contributed by atoms with Gasteiger partial charge in [0.05, 0.1) is 15.9 Å². The molecule has 35 heavy (non-hydrogen) atoms. The molecule has 4 aromatic rings. The average molecular weight is 566 g/mol. The lowest BCUT2D eigenvalue weighted by atomic mass is 10.1. The first-order valence-corrected chi connectivity index (χ1v) is 14.2. The zero-order chi connectivity index (χ0) is 24.4. The van der Waals surface area contributed by atoms with Crippen LogP contribution in [0, 0.1) is 0 Å². The zero-order valence-electron chi connectivity index (χ0n) is 18.4. The van der Waals surface area contributed by atoms with Gasteiger partial charge in [-0.3, -0.25) is 9.52 Å². The molecule has 0 saturated heterocycles. The van der Waals surface area contributed by atoms with Gasteiger partial charge in [-0.2, -0.15) is 0 Å². The highest BCUT2D eigenvalue weighted by atomic mass is 79.9. The number of nitrogens with one attached hydrogen (secondary N) is 2. The topological polar surface area (TPSA) is 75.3 Å². The monoisotopic (exact) mass is 564 g/mol. The molecule has 0 saturated carbocycles. The predicted molar refractivity (Wildman–Crippen MR) is 146 cm³/mol. The third-order valence-electron chi connectivity index (χ3n) is 5.70. The molecule has 0 unspecified atom stereocenters. The van der Waals surface area contributed by atoms with Gasteiger partial charge in [-0.15, -0.1) is 11.8 Å². The first-order valence-electron chi connectivity index (χ1n) is 10.9. The molecule has 176 valence electrons. The van der Waals surface area contributed by atoms with Crippen molar-refractivity contribution < 1.29 is 13.2 Å². The van der Waals surface area contributed by atoms with Crippen LogP contribution in [0.5, 0.6) is 0 Å². The molecule has 0 fully saturated rings. The highest BCUT2D eigenvalue weighted by Crippen LogP contribution is 2.49. The van der Waals surface area contributed by atoms with Crippen molar-refractivity contribution in [1.29, 1.82) is 0 Å². The SMILES string of the molecule is O=C(CSC1c2ccccc2-c2ccccc21)Nc1ccc(S(=O)(=O)Nc2ccc(Br)cc2)cc1. The highest BCUT2D eigenvalue weighted by Gasteiger charge is 2.28. The Bertz CT molecular complexity index is 1440. The van der Waals surface area contributed by atoms with Crippen LogP contribution in [-0.4, -0.2) is 20.1 Å². The molecule has 1 amide bonds. The van der Waals surface area contributed by atoms with Crippen molar-refractivity contribution >= 4 is 55.0 Å². The fraction of sp³-hybridized carbons (Fsp3) is 0.0741. The lowest BCUT2D eigenvalue weighted by Crippen LogP contribution is -2.16. The summed E-state index contributed by atoms with van der Waals surface area (Å²) in [6.07, 6.45) is 0. The number of carbonyl (C=O) groups excluding carboxylic acids is 1. The van der Waals surface area contributed by atoms with Gasteiger partial charge in [0, 0.05) is 15.8 Å². The van der Waals surface area contributed by atoms with Gasteiger partial charge in [0.2, 0.25) is 5.91 Å². The van der Waals surface area contributed by atoms with Crippen molar-refractivity contribution in [3.63, 3.8) is 0 Å². The molecular formula is C27H21BrN2O3S2. The molecule has 1 aliphatic carbocycles. The molecule has 5 nitrogen and oxygen atoms in total. The van der Waals surface area contributed by atoms with Crippen molar-refractivity contribution in [1.82, 2.24) is 0 Å². The number of sulfonamides is 1. The summed E-state index contributed by atoms with van der Waals surface area (Å²) in [5.74, 6) is 0.138. The van der Waals surface area contributed by atoms with E-state index < -0.39 is 10.0 Å². The third-order valence-corrected chi connectivity index (χ3v) is 8.90. The van der Waals surface area contributed by atoms with Crippen LogP contribution in [0.3, 0.4) is 0 Å². The fourth-order valence-corrected chi connectivity index (χ4v) is 6.58. The Hall–Kier alpha value is -3.07. The Morgan fingerprint density at radius 1 is 0.771 bits per heavy atom. The van der Waals surface area contributed by atoms with Crippen LogP contribution >= 0.6 is 27.7 Å². The van der Waals surface area contributed by atoms with Crippen molar-refractivity contribution in [2.75, 3.05) is 15.8 Å². The quantitative estimate of drug-likeness (QED) is 0.262. The van der Waals surface area contributed by atoms with Gasteiger partial charge in [0.15, 0.2) is 0 Å². The van der Waals surface area contributed by atoms with Crippen LogP contribution in [0.15, 0.2) is 106 Å². The Morgan fingerprint density at radius 3 is 1.91 bits per heavy atom. The number of carbonyl (C=O) groups is 1. The molecule has 0 aromatic heterocycles. The van der Waals surface area contributed by atoms with E-state index in [4.69, 9.17) is 0 Å². The average Bonchev–Trinajstić information content (AvgIpc) is 3.18. The Morgan fingerprint density at radius 2 is 1.31 bits per heavy atom. The summed E-state index contributed by atoms with van der Waals surface area (Å²) >= 11 is 4.91. The molecule has 1 aliphatic rings. The van der Waals surface area contributed by atoms with Gasteiger partial charge in [-0.05, 0) is 70.8 Å². The highest BCUT2D eigenvalue weighted by molar-refractivity contribution is 9.10. The normalized spacial score (nSPS) is 12.6. The van der Waals surface area contributed by atoms with Crippen LogP contribution in [0.2, 0.25) is 0 Å². The number of thioether (sulfide) groups is 1. The van der Waals surface area contributed by atoms with Crippen LogP contribution in [0.1, 0.15) is 16.4 Å². The number of halogens is 1. The Kier molecular flexibility index (Phi) is 6.69. The minimum Gasteiger partial charge on any atom is -0.325 e. The number of fused-ring (bicyclic) bond motifs is 3. The lowest BCUT2D eigenvalue weighted by molar-refractivity contribution is -0.113. The number of benzene rings is 4. The molecule has 8 heteroatoms. The summed E-state index contributed by atoms with van der Waals surface area (Å²) in [6, 6.07) is 29.6. The number of amides is 1. The maximum Gasteiger partial charge on any atom is 0.261 e. The summed E-state index contributed by atoms with van der Waals surface area (Å²) in [5, 5.41) is 2.97. The first kappa shape index (κ1) is 23.7. The summed E-state index contributed by atoms with van der Waals surface area (Å²) < 4.78 is 28.7. The number of hydrogen-bond acceptors (Lipinski definition) is 4. The summed E-state index contributed by atoms with van der Waals surface area (Å²) in [5.41, 5.74) is 5.89. The van der Waals surface area contributed by atoms with E-state index >= 15 is 0 Å². The fourth-order valence-electron chi connectivity index (χ4n) is 4.09. The van der Waals surface area contributed by atoms with Crippen molar-refractivity contribution in [3.8, 4) is 11.1 Å². The maximum atomic E-state index is 12.7. The minimum absolute atomic E-state index is 0.102. The van der Waals surface area contributed by atoms with Gasteiger partial charge < -0.3 is 5.32 Å². The molecule has 0 spiro atoms. The smallest absolute Gasteiger partial charge is 0.261 e. The zero-order valence-corrected chi connectivity index (χ0v) is 21.7. The summed E-state index contributed by atoms with van der Waals surface area (Å²) in [4.78, 5) is 12.8. The maximum absolute atomic E-state index is 12.7. The Labute approximate surface area is 217 Å². The second-order valence-corrected chi connectivity index (χ2v) is 11.7. The van der Waals surface area contributed by atoms with E-state index in [1.165, 1.54) is 34.4 Å². The van der Waals surface area contributed by atoms with Crippen LogP contribution in [0.4, 0.5) is 11.4 Å². The van der Waals surface area contributed by atoms with E-state index in [1.54, 1.807) is 48.2 Å². The molecule has 0 aliphatic heterocycles. The van der Waals surface area contributed by atoms with Gasteiger partial charge in [-0.25, -0.2) is 8.42 Å². The summed E-state index contributed by atoms with van der Waals surface area (Å²) in [6.45, 7) is 0. The van der Waals surface area contributed by atoms with Gasteiger partial charge in [-0.1, -0.05) is 64.5 Å². The van der Waals surface area contributed by atoms with E-state index in [0.717, 1.165) is 4.47 Å². The van der Waals surface area contributed by atoms with E-state index in [0.29, 0.717) is 11.4 Å². The summed E-state index contributed by atoms with van der Waals surface area (Å²) in [7, 11) is -3.73. The molecular weight excluding hydrogens is 544 g/mol. The van der Waals surface area contributed by atoms with Crippen molar-refractivity contribution in [2.45, 2.75) is 10.1 Å². The Balaban J connectivity index is 1.22. The number of rotatable bonds is 7. The van der Waals surface area contributed by atoms with Gasteiger partial charge >= 0.3 is 0 Å². The lowest BCUT2D eigenvalue weighted by Gasteiger charge is -2.13. The third kappa shape index (κ3) is 5.15. The van der Waals surface area contributed by atoms with Crippen LogP contribution < -0.4 is 10.0 Å². The van der Waals surface area contributed by atoms with E-state index in [-0.39, 0.29) is 21.8 Å². The molecule has 0 bridgehead atoms. The van der Waals surface area contributed by atoms with E-state index in [9.17, 15) is 13.2 Å². The van der Waals surface area contributed by atoms with Crippen LogP contribution in [0.25, 0.3) is 11.1 Å². The molecule has 4 aromatic carbocycles. The van der Waals surface area contributed by atoms with Gasteiger partial charge in [0.25, 0.3) is 10.0 Å². The van der Waals surface area contributed by atoms with Gasteiger partial charge in [0.1, 0.15) is 0 Å².